The Morgan fingerprint density at radius 1 is 1.24 bits per heavy atom. The standard InChI is InChI=1S/C12H19NO4/c1-4-10-5-6-12(17-9(3)15)11(13-10)7-16-8(2)14/h5-6,10-13H,4,7H2,1-3H3/t10-,11+,12-/m0/s1. The summed E-state index contributed by atoms with van der Waals surface area (Å²) >= 11 is 0. The Balaban J connectivity index is 2.62. The molecule has 5 heteroatoms. The van der Waals surface area contributed by atoms with E-state index < -0.39 is 0 Å². The molecule has 1 heterocycles. The van der Waals surface area contributed by atoms with Gasteiger partial charge in [0.1, 0.15) is 12.7 Å². The van der Waals surface area contributed by atoms with Crippen molar-refractivity contribution in [1.29, 1.82) is 0 Å². The van der Waals surface area contributed by atoms with E-state index in [0.29, 0.717) is 0 Å². The van der Waals surface area contributed by atoms with Gasteiger partial charge in [-0.25, -0.2) is 0 Å². The zero-order chi connectivity index (χ0) is 12.8. The fraction of sp³-hybridized carbons (Fsp3) is 0.667. The van der Waals surface area contributed by atoms with Gasteiger partial charge in [-0.1, -0.05) is 13.0 Å². The highest BCUT2D eigenvalue weighted by Crippen LogP contribution is 2.12. The van der Waals surface area contributed by atoms with Gasteiger partial charge < -0.3 is 14.8 Å². The van der Waals surface area contributed by atoms with E-state index in [1.54, 1.807) is 0 Å². The fourth-order valence-corrected chi connectivity index (χ4v) is 1.72. The molecule has 1 N–H and O–H groups in total. The highest BCUT2D eigenvalue weighted by atomic mass is 16.6. The first-order chi connectivity index (χ1) is 8.02. The predicted molar refractivity (Wildman–Crippen MR) is 62.3 cm³/mol. The SMILES string of the molecule is CC[C@H]1C=C[C@H](OC(C)=O)[C@@H](COC(C)=O)N1. The van der Waals surface area contributed by atoms with Crippen molar-refractivity contribution in [2.75, 3.05) is 6.61 Å². The quantitative estimate of drug-likeness (QED) is 0.582. The van der Waals surface area contributed by atoms with Gasteiger partial charge in [-0.2, -0.15) is 0 Å². The molecule has 0 amide bonds. The Labute approximate surface area is 101 Å². The monoisotopic (exact) mass is 241 g/mol. The average Bonchev–Trinajstić information content (AvgIpc) is 2.27. The second kappa shape index (κ2) is 6.39. The van der Waals surface area contributed by atoms with Crippen molar-refractivity contribution in [1.82, 2.24) is 5.32 Å². The highest BCUT2D eigenvalue weighted by Gasteiger charge is 2.28. The Bertz CT molecular complexity index is 314. The summed E-state index contributed by atoms with van der Waals surface area (Å²) in [6, 6.07) is 0.0418. The predicted octanol–water partition coefficient (Wildman–Crippen LogP) is 0.788. The van der Waals surface area contributed by atoms with E-state index in [4.69, 9.17) is 9.47 Å². The van der Waals surface area contributed by atoms with Crippen LogP contribution in [0.2, 0.25) is 0 Å². The first-order valence-corrected chi connectivity index (χ1v) is 5.78. The van der Waals surface area contributed by atoms with E-state index in [1.165, 1.54) is 13.8 Å². The van der Waals surface area contributed by atoms with Gasteiger partial charge >= 0.3 is 11.9 Å². The molecule has 96 valence electrons. The zero-order valence-electron chi connectivity index (χ0n) is 10.4. The number of carbonyl (C=O) groups is 2. The van der Waals surface area contributed by atoms with Crippen LogP contribution in [0.15, 0.2) is 12.2 Å². The number of nitrogens with one attached hydrogen (secondary N) is 1. The van der Waals surface area contributed by atoms with Gasteiger partial charge in [-0.05, 0) is 12.5 Å². The molecule has 3 atom stereocenters. The summed E-state index contributed by atoms with van der Waals surface area (Å²) in [7, 11) is 0. The highest BCUT2D eigenvalue weighted by molar-refractivity contribution is 5.67. The van der Waals surface area contributed by atoms with E-state index in [1.807, 2.05) is 12.2 Å². The Morgan fingerprint density at radius 2 is 1.94 bits per heavy atom. The Kier molecular flexibility index (Phi) is 5.15. The van der Waals surface area contributed by atoms with E-state index >= 15 is 0 Å². The van der Waals surface area contributed by atoms with E-state index in [0.717, 1.165) is 6.42 Å². The number of esters is 2. The summed E-state index contributed by atoms with van der Waals surface area (Å²) < 4.78 is 10.1. The number of hydrogen-bond donors (Lipinski definition) is 1. The second-order valence-corrected chi connectivity index (χ2v) is 4.05. The van der Waals surface area contributed by atoms with Crippen LogP contribution in [0.25, 0.3) is 0 Å². The van der Waals surface area contributed by atoms with E-state index in [2.05, 4.69) is 12.2 Å². The first-order valence-electron chi connectivity index (χ1n) is 5.78. The van der Waals surface area contributed by atoms with E-state index in [9.17, 15) is 9.59 Å². The molecule has 0 saturated heterocycles. The van der Waals surface area contributed by atoms with Crippen LogP contribution in [0, 0.1) is 0 Å². The second-order valence-electron chi connectivity index (χ2n) is 4.05. The molecule has 0 saturated carbocycles. The largest absolute Gasteiger partial charge is 0.464 e. The summed E-state index contributed by atoms with van der Waals surface area (Å²) in [5, 5.41) is 3.27. The van der Waals surface area contributed by atoms with Crippen molar-refractivity contribution in [3.63, 3.8) is 0 Å². The number of rotatable bonds is 4. The van der Waals surface area contributed by atoms with Crippen LogP contribution in [0.1, 0.15) is 27.2 Å². The summed E-state index contributed by atoms with van der Waals surface area (Å²) in [6.45, 7) is 4.98. The fourth-order valence-electron chi connectivity index (χ4n) is 1.72. The van der Waals surface area contributed by atoms with Gasteiger partial charge in [0, 0.05) is 19.9 Å². The average molecular weight is 241 g/mol. The summed E-state index contributed by atoms with van der Waals surface area (Å²) in [6.07, 6.45) is 4.37. The molecule has 5 nitrogen and oxygen atoms in total. The van der Waals surface area contributed by atoms with Crippen LogP contribution >= 0.6 is 0 Å². The summed E-state index contributed by atoms with van der Waals surface area (Å²) in [5.41, 5.74) is 0. The molecule has 1 rings (SSSR count). The molecule has 0 radical (unpaired) electrons. The smallest absolute Gasteiger partial charge is 0.303 e. The number of carbonyl (C=O) groups excluding carboxylic acids is 2. The van der Waals surface area contributed by atoms with Gasteiger partial charge in [0.25, 0.3) is 0 Å². The van der Waals surface area contributed by atoms with Crippen LogP contribution in [0.3, 0.4) is 0 Å². The van der Waals surface area contributed by atoms with Gasteiger partial charge in [-0.3, -0.25) is 9.59 Å². The molecule has 1 aliphatic rings. The van der Waals surface area contributed by atoms with Crippen LogP contribution in [-0.4, -0.2) is 36.7 Å². The molecule has 0 spiro atoms. The molecule has 0 unspecified atom stereocenters. The lowest BCUT2D eigenvalue weighted by Crippen LogP contribution is -2.51. The van der Waals surface area contributed by atoms with Crippen LogP contribution < -0.4 is 5.32 Å². The van der Waals surface area contributed by atoms with Crippen molar-refractivity contribution in [2.45, 2.75) is 45.4 Å². The molecule has 0 aromatic rings. The minimum Gasteiger partial charge on any atom is -0.464 e. The van der Waals surface area contributed by atoms with Crippen LogP contribution in [0.4, 0.5) is 0 Å². The molecule has 17 heavy (non-hydrogen) atoms. The normalized spacial score (nSPS) is 27.6. The maximum absolute atomic E-state index is 11.0. The summed E-state index contributed by atoms with van der Waals surface area (Å²) in [4.78, 5) is 21.7. The summed E-state index contributed by atoms with van der Waals surface area (Å²) in [5.74, 6) is -0.680. The molecular formula is C12H19NO4. The van der Waals surface area contributed by atoms with Crippen molar-refractivity contribution in [3.8, 4) is 0 Å². The molecule has 0 aliphatic carbocycles. The lowest BCUT2D eigenvalue weighted by Gasteiger charge is -2.31. The maximum atomic E-state index is 11.0. The van der Waals surface area contributed by atoms with Crippen LogP contribution in [-0.2, 0) is 19.1 Å². The molecular weight excluding hydrogens is 222 g/mol. The van der Waals surface area contributed by atoms with Crippen molar-refractivity contribution >= 4 is 11.9 Å². The lowest BCUT2D eigenvalue weighted by molar-refractivity contribution is -0.148. The first kappa shape index (κ1) is 13.7. The van der Waals surface area contributed by atoms with Crippen LogP contribution in [0.5, 0.6) is 0 Å². The molecule has 0 aromatic heterocycles. The number of ether oxygens (including phenoxy) is 2. The molecule has 0 aromatic carbocycles. The van der Waals surface area contributed by atoms with Gasteiger partial charge in [0.05, 0.1) is 6.04 Å². The zero-order valence-corrected chi connectivity index (χ0v) is 10.4. The van der Waals surface area contributed by atoms with Gasteiger partial charge in [0.15, 0.2) is 0 Å². The van der Waals surface area contributed by atoms with Crippen molar-refractivity contribution < 1.29 is 19.1 Å². The third-order valence-electron chi connectivity index (χ3n) is 2.57. The Morgan fingerprint density at radius 3 is 2.47 bits per heavy atom. The number of hydrogen-bond acceptors (Lipinski definition) is 5. The molecule has 1 aliphatic heterocycles. The molecule has 0 fully saturated rings. The van der Waals surface area contributed by atoms with Gasteiger partial charge in [0.2, 0.25) is 0 Å². The van der Waals surface area contributed by atoms with Crippen molar-refractivity contribution in [3.05, 3.63) is 12.2 Å². The van der Waals surface area contributed by atoms with E-state index in [-0.39, 0.29) is 36.7 Å². The minimum atomic E-state index is -0.380. The topological polar surface area (TPSA) is 64.6 Å². The lowest BCUT2D eigenvalue weighted by atomic mass is 10.0. The van der Waals surface area contributed by atoms with Crippen molar-refractivity contribution in [2.24, 2.45) is 0 Å². The van der Waals surface area contributed by atoms with Gasteiger partial charge in [-0.15, -0.1) is 0 Å². The third kappa shape index (κ3) is 4.56. The third-order valence-corrected chi connectivity index (χ3v) is 2.57. The maximum Gasteiger partial charge on any atom is 0.303 e. The molecule has 0 bridgehead atoms. The Hall–Kier alpha value is -1.36. The minimum absolute atomic E-state index is 0.183.